The summed E-state index contributed by atoms with van der Waals surface area (Å²) < 4.78 is 53.5. The van der Waals surface area contributed by atoms with Crippen LogP contribution in [-0.2, 0) is 9.59 Å². The second-order valence-corrected chi connectivity index (χ2v) is 6.33. The second-order valence-electron chi connectivity index (χ2n) is 6.33. The van der Waals surface area contributed by atoms with Crippen LogP contribution >= 0.6 is 0 Å². The van der Waals surface area contributed by atoms with Crippen LogP contribution in [0.5, 0.6) is 0 Å². The number of carbonyl (C=O) groups excluding carboxylic acids is 2. The number of nitrogens with zero attached hydrogens (tertiary/aromatic N) is 1. The van der Waals surface area contributed by atoms with Crippen LogP contribution in [0.3, 0.4) is 0 Å². The third-order valence-corrected chi connectivity index (χ3v) is 4.02. The zero-order chi connectivity index (χ0) is 21.4. The number of rotatable bonds is 9. The summed E-state index contributed by atoms with van der Waals surface area (Å²) in [5.41, 5.74) is -0.409. The highest BCUT2D eigenvalue weighted by Crippen LogP contribution is 2.19. The summed E-state index contributed by atoms with van der Waals surface area (Å²) in [5.74, 6) is -6.13. The van der Waals surface area contributed by atoms with Crippen molar-refractivity contribution in [3.05, 3.63) is 59.7 Å². The largest absolute Gasteiger partial charge is 0.324 e. The predicted molar refractivity (Wildman–Crippen MR) is 101 cm³/mol. The molecule has 0 aromatic heterocycles. The molecule has 0 spiro atoms. The summed E-state index contributed by atoms with van der Waals surface area (Å²) in [6.45, 7) is 2.36. The molecule has 0 saturated carbocycles. The lowest BCUT2D eigenvalue weighted by Crippen LogP contribution is -2.36. The van der Waals surface area contributed by atoms with Crippen molar-refractivity contribution >= 4 is 23.2 Å². The van der Waals surface area contributed by atoms with Gasteiger partial charge in [0, 0.05) is 13.0 Å². The fourth-order valence-corrected chi connectivity index (χ4v) is 2.64. The Labute approximate surface area is 165 Å². The zero-order valence-corrected chi connectivity index (χ0v) is 15.8. The van der Waals surface area contributed by atoms with Crippen LogP contribution < -0.4 is 10.6 Å². The van der Waals surface area contributed by atoms with Gasteiger partial charge in [0.25, 0.3) is 0 Å². The lowest BCUT2D eigenvalue weighted by molar-refractivity contribution is -0.119. The predicted octanol–water partition coefficient (Wildman–Crippen LogP) is 3.92. The van der Waals surface area contributed by atoms with Crippen LogP contribution in [0.25, 0.3) is 0 Å². The van der Waals surface area contributed by atoms with Crippen molar-refractivity contribution in [1.29, 1.82) is 0 Å². The molecule has 2 rings (SSSR count). The molecule has 0 fully saturated rings. The van der Waals surface area contributed by atoms with Crippen LogP contribution in [0.1, 0.15) is 19.8 Å². The van der Waals surface area contributed by atoms with Crippen molar-refractivity contribution < 1.29 is 27.2 Å². The summed E-state index contributed by atoms with van der Waals surface area (Å²) >= 11 is 0. The van der Waals surface area contributed by atoms with Gasteiger partial charge in [-0.15, -0.1) is 0 Å². The van der Waals surface area contributed by atoms with E-state index in [1.807, 2.05) is 6.92 Å². The van der Waals surface area contributed by atoms with E-state index in [9.17, 15) is 27.2 Å². The molecule has 0 unspecified atom stereocenters. The van der Waals surface area contributed by atoms with Gasteiger partial charge in [-0.05, 0) is 37.2 Å². The molecule has 156 valence electrons. The minimum Gasteiger partial charge on any atom is -0.324 e. The van der Waals surface area contributed by atoms with Crippen molar-refractivity contribution in [2.45, 2.75) is 19.8 Å². The molecule has 2 aromatic rings. The summed E-state index contributed by atoms with van der Waals surface area (Å²) in [7, 11) is 0. The molecule has 0 aliphatic carbocycles. The third kappa shape index (κ3) is 6.56. The summed E-state index contributed by atoms with van der Waals surface area (Å²) in [5, 5.41) is 4.64. The molecule has 0 atom stereocenters. The van der Waals surface area contributed by atoms with Crippen LogP contribution in [0.15, 0.2) is 36.4 Å². The molecule has 0 heterocycles. The van der Waals surface area contributed by atoms with Crippen molar-refractivity contribution in [2.24, 2.45) is 0 Å². The molecule has 29 heavy (non-hydrogen) atoms. The van der Waals surface area contributed by atoms with E-state index < -0.39 is 40.8 Å². The monoisotopic (exact) mass is 411 g/mol. The van der Waals surface area contributed by atoms with E-state index in [-0.39, 0.29) is 25.2 Å². The Morgan fingerprint density at radius 2 is 1.52 bits per heavy atom. The lowest BCUT2D eigenvalue weighted by atomic mass is 10.2. The molecule has 0 aliphatic rings. The number of amides is 2. The molecule has 2 aromatic carbocycles. The van der Waals surface area contributed by atoms with Crippen LogP contribution in [0.4, 0.5) is 28.9 Å². The Bertz CT molecular complexity index is 877. The number of hydrogen-bond acceptors (Lipinski definition) is 3. The van der Waals surface area contributed by atoms with Crippen molar-refractivity contribution in [3.63, 3.8) is 0 Å². The number of hydrogen-bond donors (Lipinski definition) is 2. The average Bonchev–Trinajstić information content (AvgIpc) is 2.68. The van der Waals surface area contributed by atoms with Gasteiger partial charge in [0.05, 0.1) is 17.9 Å². The fraction of sp³-hybridized carbons (Fsp3) is 0.300. The topological polar surface area (TPSA) is 61.4 Å². The summed E-state index contributed by atoms with van der Waals surface area (Å²) in [4.78, 5) is 25.8. The quantitative estimate of drug-likeness (QED) is 0.486. The van der Waals surface area contributed by atoms with Gasteiger partial charge >= 0.3 is 0 Å². The van der Waals surface area contributed by atoms with Crippen LogP contribution in [-0.4, -0.2) is 36.3 Å². The van der Waals surface area contributed by atoms with Gasteiger partial charge in [0.1, 0.15) is 5.82 Å². The van der Waals surface area contributed by atoms with E-state index >= 15 is 0 Å². The molecule has 0 aliphatic heterocycles. The smallest absolute Gasteiger partial charge is 0.238 e. The number of carbonyl (C=O) groups is 2. The molecular weight excluding hydrogens is 390 g/mol. The average molecular weight is 411 g/mol. The first-order valence-corrected chi connectivity index (χ1v) is 9.02. The highest BCUT2D eigenvalue weighted by molar-refractivity contribution is 5.93. The van der Waals surface area contributed by atoms with Crippen molar-refractivity contribution in [2.75, 3.05) is 30.3 Å². The maximum Gasteiger partial charge on any atom is 0.238 e. The summed E-state index contributed by atoms with van der Waals surface area (Å²) in [6, 6.07) is 7.39. The van der Waals surface area contributed by atoms with Gasteiger partial charge in [-0.25, -0.2) is 17.6 Å². The Kier molecular flexibility index (Phi) is 8.14. The van der Waals surface area contributed by atoms with E-state index in [0.29, 0.717) is 19.0 Å². The number of anilines is 2. The van der Waals surface area contributed by atoms with Gasteiger partial charge in [-0.1, -0.05) is 19.1 Å². The maximum absolute atomic E-state index is 13.7. The second kappa shape index (κ2) is 10.6. The van der Waals surface area contributed by atoms with Gasteiger partial charge in [-0.3, -0.25) is 14.5 Å². The first kappa shape index (κ1) is 22.4. The number of benzene rings is 2. The van der Waals surface area contributed by atoms with Gasteiger partial charge in [-0.2, -0.15) is 0 Å². The van der Waals surface area contributed by atoms with E-state index in [0.717, 1.165) is 6.07 Å². The number of para-hydroxylation sites is 1. The Morgan fingerprint density at radius 1 is 0.828 bits per heavy atom. The molecule has 5 nitrogen and oxygen atoms in total. The minimum absolute atomic E-state index is 0.00114. The Balaban J connectivity index is 1.90. The first-order valence-electron chi connectivity index (χ1n) is 9.02. The normalized spacial score (nSPS) is 10.8. The molecule has 0 radical (unpaired) electrons. The first-order chi connectivity index (χ1) is 13.8. The van der Waals surface area contributed by atoms with Crippen LogP contribution in [0, 0.1) is 23.3 Å². The Morgan fingerprint density at radius 3 is 2.21 bits per heavy atom. The molecule has 9 heteroatoms. The van der Waals surface area contributed by atoms with Gasteiger partial charge < -0.3 is 10.6 Å². The van der Waals surface area contributed by atoms with Gasteiger partial charge in [0.15, 0.2) is 17.5 Å². The minimum atomic E-state index is -1.67. The van der Waals surface area contributed by atoms with E-state index in [1.165, 1.54) is 18.2 Å². The standard InChI is InChI=1S/C20H21F4N3O2/c1-2-10-27(11-9-17(28)25-15-6-4-3-5-13(15)21)12-18(29)26-16-8-7-14(22)19(23)20(16)24/h3-8H,2,9-12H2,1H3,(H,25,28)(H,26,29). The number of halogens is 4. The molecular formula is C20H21F4N3O2. The fourth-order valence-electron chi connectivity index (χ4n) is 2.64. The molecule has 0 bridgehead atoms. The number of nitrogens with one attached hydrogen (secondary N) is 2. The van der Waals surface area contributed by atoms with E-state index in [4.69, 9.17) is 0 Å². The zero-order valence-electron chi connectivity index (χ0n) is 15.8. The maximum atomic E-state index is 13.7. The summed E-state index contributed by atoms with van der Waals surface area (Å²) in [6.07, 6.45) is 0.683. The van der Waals surface area contributed by atoms with E-state index in [1.54, 1.807) is 11.0 Å². The van der Waals surface area contributed by atoms with Crippen molar-refractivity contribution in [1.82, 2.24) is 4.90 Å². The van der Waals surface area contributed by atoms with Crippen molar-refractivity contribution in [3.8, 4) is 0 Å². The van der Waals surface area contributed by atoms with Gasteiger partial charge in [0.2, 0.25) is 11.8 Å². The third-order valence-electron chi connectivity index (χ3n) is 4.02. The molecule has 2 amide bonds. The molecule has 2 N–H and O–H groups in total. The molecule has 0 saturated heterocycles. The highest BCUT2D eigenvalue weighted by atomic mass is 19.2. The SMILES string of the molecule is CCCN(CCC(=O)Nc1ccccc1F)CC(=O)Nc1ccc(F)c(F)c1F. The van der Waals surface area contributed by atoms with E-state index in [2.05, 4.69) is 10.6 Å². The van der Waals surface area contributed by atoms with Crippen LogP contribution in [0.2, 0.25) is 0 Å². The lowest BCUT2D eigenvalue weighted by Gasteiger charge is -2.21. The highest BCUT2D eigenvalue weighted by Gasteiger charge is 2.17. The Hall–Kier alpha value is -2.94.